The fourth-order valence-electron chi connectivity index (χ4n) is 4.53. The molecular formula is C24H26N6O3S. The molecule has 3 aromatic rings. The summed E-state index contributed by atoms with van der Waals surface area (Å²) in [5, 5.41) is 8.65. The molecule has 1 aromatic carbocycles. The number of aromatic nitrogens is 3. The zero-order valence-corrected chi connectivity index (χ0v) is 19.8. The summed E-state index contributed by atoms with van der Waals surface area (Å²) in [4.78, 5) is 20.1. The van der Waals surface area contributed by atoms with E-state index in [-0.39, 0.29) is 10.8 Å². The van der Waals surface area contributed by atoms with Gasteiger partial charge in [-0.05, 0) is 60.9 Å². The number of amides is 1. The Morgan fingerprint density at radius 1 is 0.971 bits per heavy atom. The Labute approximate surface area is 199 Å². The molecule has 4 heterocycles. The number of nitrogens with zero attached hydrogens (tertiary/aromatic N) is 6. The predicted octanol–water partition coefficient (Wildman–Crippen LogP) is 2.35. The Hall–Kier alpha value is -3.37. The number of carbonyl (C=O) groups excluding carboxylic acids is 1. The van der Waals surface area contributed by atoms with Crippen molar-refractivity contribution in [2.24, 2.45) is 0 Å². The van der Waals surface area contributed by atoms with Crippen LogP contribution >= 0.6 is 0 Å². The van der Waals surface area contributed by atoms with Gasteiger partial charge in [0.1, 0.15) is 0 Å². The fourth-order valence-corrected chi connectivity index (χ4v) is 6.00. The van der Waals surface area contributed by atoms with E-state index in [4.69, 9.17) is 0 Å². The van der Waals surface area contributed by atoms with E-state index in [1.165, 1.54) is 11.2 Å². The molecule has 0 radical (unpaired) electrons. The summed E-state index contributed by atoms with van der Waals surface area (Å²) >= 11 is 0. The van der Waals surface area contributed by atoms with E-state index in [0.29, 0.717) is 32.7 Å². The number of aryl methyl sites for hydroxylation is 1. The summed E-state index contributed by atoms with van der Waals surface area (Å²) in [6.45, 7) is 4.00. The minimum Gasteiger partial charge on any atom is -0.352 e. The Morgan fingerprint density at radius 2 is 1.79 bits per heavy atom. The monoisotopic (exact) mass is 478 g/mol. The molecule has 0 unspecified atom stereocenters. The summed E-state index contributed by atoms with van der Waals surface area (Å²) in [5.74, 6) is 0.701. The quantitative estimate of drug-likeness (QED) is 0.567. The summed E-state index contributed by atoms with van der Waals surface area (Å²) in [5.41, 5.74) is 3.36. The van der Waals surface area contributed by atoms with Crippen LogP contribution in [0.4, 0.5) is 11.5 Å². The average molecular weight is 479 g/mol. The Morgan fingerprint density at radius 3 is 2.47 bits per heavy atom. The molecule has 0 saturated carbocycles. The molecule has 0 aliphatic carbocycles. The molecule has 5 rings (SSSR count). The molecule has 1 saturated heterocycles. The van der Waals surface area contributed by atoms with E-state index in [0.717, 1.165) is 41.2 Å². The summed E-state index contributed by atoms with van der Waals surface area (Å²) in [7, 11) is -3.62. The maximum Gasteiger partial charge on any atom is 0.243 e. The lowest BCUT2D eigenvalue weighted by molar-refractivity contribution is -0.116. The van der Waals surface area contributed by atoms with E-state index in [1.807, 2.05) is 29.2 Å². The maximum absolute atomic E-state index is 13.3. The fraction of sp³-hybridized carbons (Fsp3) is 0.333. The minimum absolute atomic E-state index is 0.0238. The van der Waals surface area contributed by atoms with Crippen molar-refractivity contribution < 1.29 is 13.2 Å². The van der Waals surface area contributed by atoms with Crippen LogP contribution in [0.2, 0.25) is 0 Å². The molecule has 2 aliphatic rings. The van der Waals surface area contributed by atoms with Crippen LogP contribution in [0, 0.1) is 0 Å². The second-order valence-electron chi connectivity index (χ2n) is 8.47. The van der Waals surface area contributed by atoms with Crippen molar-refractivity contribution in [2.75, 3.05) is 42.5 Å². The maximum atomic E-state index is 13.3. The van der Waals surface area contributed by atoms with Gasteiger partial charge >= 0.3 is 0 Å². The summed E-state index contributed by atoms with van der Waals surface area (Å²) < 4.78 is 28.2. The van der Waals surface area contributed by atoms with Crippen LogP contribution in [0.1, 0.15) is 18.9 Å². The van der Waals surface area contributed by atoms with Gasteiger partial charge in [-0.1, -0.05) is 0 Å². The molecule has 10 heteroatoms. The molecule has 0 spiro atoms. The minimum atomic E-state index is -3.62. The van der Waals surface area contributed by atoms with Crippen LogP contribution in [0.15, 0.2) is 59.8 Å². The first-order valence-corrected chi connectivity index (χ1v) is 12.8. The van der Waals surface area contributed by atoms with Crippen LogP contribution < -0.4 is 9.80 Å². The first kappa shape index (κ1) is 22.4. The number of piperazine rings is 1. The third-order valence-corrected chi connectivity index (χ3v) is 8.25. The second kappa shape index (κ2) is 9.11. The number of sulfonamides is 1. The highest BCUT2D eigenvalue weighted by Gasteiger charge is 2.30. The molecule has 0 atom stereocenters. The van der Waals surface area contributed by atoms with Gasteiger partial charge in [0.25, 0.3) is 0 Å². The highest BCUT2D eigenvalue weighted by molar-refractivity contribution is 7.89. The highest BCUT2D eigenvalue weighted by atomic mass is 32.2. The van der Waals surface area contributed by atoms with E-state index in [1.54, 1.807) is 35.5 Å². The first-order chi connectivity index (χ1) is 16.4. The van der Waals surface area contributed by atoms with Crippen LogP contribution in [0.3, 0.4) is 0 Å². The Kier molecular flexibility index (Phi) is 6.01. The predicted molar refractivity (Wildman–Crippen MR) is 129 cm³/mol. The number of hydrogen-bond donors (Lipinski definition) is 0. The molecule has 0 bridgehead atoms. The van der Waals surface area contributed by atoms with Gasteiger partial charge in [-0.25, -0.2) is 8.42 Å². The van der Waals surface area contributed by atoms with Gasteiger partial charge in [-0.15, -0.1) is 10.2 Å². The van der Waals surface area contributed by atoms with Crippen molar-refractivity contribution in [3.8, 4) is 11.3 Å². The third kappa shape index (κ3) is 4.26. The Balaban J connectivity index is 1.28. The molecule has 1 fully saturated rings. The number of anilines is 2. The average Bonchev–Trinajstić information content (AvgIpc) is 2.88. The number of benzene rings is 1. The van der Waals surface area contributed by atoms with E-state index in [2.05, 4.69) is 15.2 Å². The van der Waals surface area contributed by atoms with Gasteiger partial charge in [-0.3, -0.25) is 9.78 Å². The SMILES string of the molecule is CC(=O)N1CCCc2cc(S(=O)(=O)N3CCN(c4ccc(-c5cccnc5)nn4)CC3)ccc21. The lowest BCUT2D eigenvalue weighted by Crippen LogP contribution is -2.49. The lowest BCUT2D eigenvalue weighted by atomic mass is 10.0. The molecular weight excluding hydrogens is 452 g/mol. The van der Waals surface area contributed by atoms with Crippen LogP contribution in [0.5, 0.6) is 0 Å². The van der Waals surface area contributed by atoms with Crippen molar-refractivity contribution >= 4 is 27.4 Å². The Bertz CT molecular complexity index is 1290. The van der Waals surface area contributed by atoms with E-state index in [9.17, 15) is 13.2 Å². The smallest absolute Gasteiger partial charge is 0.243 e. The zero-order chi connectivity index (χ0) is 23.7. The lowest BCUT2D eigenvalue weighted by Gasteiger charge is -2.35. The number of pyridine rings is 1. The molecule has 34 heavy (non-hydrogen) atoms. The normalized spacial score (nSPS) is 16.9. The second-order valence-corrected chi connectivity index (χ2v) is 10.4. The number of rotatable bonds is 4. The number of fused-ring (bicyclic) bond motifs is 1. The van der Waals surface area contributed by atoms with E-state index < -0.39 is 10.0 Å². The standard InChI is InChI=1S/C24H26N6O3S/c1-18(31)30-11-3-5-19-16-21(6-8-23(19)30)34(32,33)29-14-12-28(13-15-29)24-9-7-22(26-27-24)20-4-2-10-25-17-20/h2,4,6-10,16-17H,3,5,11-15H2,1H3. The van der Waals surface area contributed by atoms with Crippen molar-refractivity contribution in [2.45, 2.75) is 24.7 Å². The van der Waals surface area contributed by atoms with Crippen molar-refractivity contribution in [3.05, 3.63) is 60.4 Å². The van der Waals surface area contributed by atoms with Crippen LogP contribution in [-0.2, 0) is 21.2 Å². The molecule has 0 N–H and O–H groups in total. The summed E-state index contributed by atoms with van der Waals surface area (Å²) in [6, 6.07) is 12.7. The number of hydrogen-bond acceptors (Lipinski definition) is 7. The van der Waals surface area contributed by atoms with Gasteiger partial charge in [0.05, 0.1) is 10.6 Å². The molecule has 176 valence electrons. The van der Waals surface area contributed by atoms with Crippen molar-refractivity contribution in [1.82, 2.24) is 19.5 Å². The third-order valence-electron chi connectivity index (χ3n) is 6.36. The van der Waals surface area contributed by atoms with Crippen LogP contribution in [-0.4, -0.2) is 66.5 Å². The van der Waals surface area contributed by atoms with Crippen molar-refractivity contribution in [1.29, 1.82) is 0 Å². The largest absolute Gasteiger partial charge is 0.352 e. The van der Waals surface area contributed by atoms with Gasteiger partial charge in [-0.2, -0.15) is 4.31 Å². The highest BCUT2D eigenvalue weighted by Crippen LogP contribution is 2.31. The summed E-state index contributed by atoms with van der Waals surface area (Å²) in [6.07, 6.45) is 5.05. The topological polar surface area (TPSA) is 99.6 Å². The molecule has 2 aliphatic heterocycles. The molecule has 1 amide bonds. The number of carbonyl (C=O) groups is 1. The van der Waals surface area contributed by atoms with Crippen molar-refractivity contribution in [3.63, 3.8) is 0 Å². The first-order valence-electron chi connectivity index (χ1n) is 11.3. The van der Waals surface area contributed by atoms with Gasteiger partial charge in [0.2, 0.25) is 15.9 Å². The zero-order valence-electron chi connectivity index (χ0n) is 19.0. The molecule has 2 aromatic heterocycles. The molecule has 9 nitrogen and oxygen atoms in total. The van der Waals surface area contributed by atoms with Gasteiger partial charge < -0.3 is 9.80 Å². The van der Waals surface area contributed by atoms with Gasteiger partial charge in [0, 0.05) is 63.3 Å². The van der Waals surface area contributed by atoms with Crippen LogP contribution in [0.25, 0.3) is 11.3 Å². The van der Waals surface area contributed by atoms with Gasteiger partial charge in [0.15, 0.2) is 5.82 Å². The van der Waals surface area contributed by atoms with E-state index >= 15 is 0 Å².